The zero-order valence-corrected chi connectivity index (χ0v) is 9.00. The molecule has 2 nitrogen and oxygen atoms in total. The summed E-state index contributed by atoms with van der Waals surface area (Å²) >= 11 is 3.30. The summed E-state index contributed by atoms with van der Waals surface area (Å²) in [6.07, 6.45) is 1.27. The van der Waals surface area contributed by atoms with Gasteiger partial charge >= 0.3 is 5.97 Å². The van der Waals surface area contributed by atoms with Gasteiger partial charge in [-0.15, -0.1) is 0 Å². The van der Waals surface area contributed by atoms with Crippen LogP contribution in [0.4, 0.5) is 0 Å². The van der Waals surface area contributed by atoms with Crippen molar-refractivity contribution < 1.29 is 9.53 Å². The molecule has 3 heteroatoms. The molecule has 0 saturated carbocycles. The van der Waals surface area contributed by atoms with Crippen molar-refractivity contribution in [3.05, 3.63) is 28.7 Å². The van der Waals surface area contributed by atoms with E-state index in [1.807, 2.05) is 25.1 Å². The van der Waals surface area contributed by atoms with Crippen LogP contribution in [0.5, 0.6) is 5.75 Å². The van der Waals surface area contributed by atoms with Crippen molar-refractivity contribution in [1.29, 1.82) is 0 Å². The number of carbonyl (C=O) groups excluding carboxylic acids is 1. The first-order chi connectivity index (χ1) is 6.24. The molecule has 0 radical (unpaired) electrons. The summed E-state index contributed by atoms with van der Waals surface area (Å²) < 4.78 is 5.90. The minimum Gasteiger partial charge on any atom is -0.425 e. The van der Waals surface area contributed by atoms with E-state index in [4.69, 9.17) is 4.74 Å². The molecule has 0 unspecified atom stereocenters. The van der Waals surface area contributed by atoms with Crippen molar-refractivity contribution in [3.63, 3.8) is 0 Å². The number of para-hydroxylation sites is 1. The summed E-state index contributed by atoms with van der Waals surface area (Å²) in [4.78, 5) is 11.1. The van der Waals surface area contributed by atoms with Gasteiger partial charge in [-0.25, -0.2) is 0 Å². The van der Waals surface area contributed by atoms with Crippen molar-refractivity contribution in [2.45, 2.75) is 19.8 Å². The molecule has 0 fully saturated rings. The maximum absolute atomic E-state index is 11.1. The zero-order chi connectivity index (χ0) is 9.68. The van der Waals surface area contributed by atoms with Gasteiger partial charge in [-0.05, 0) is 34.5 Å². The lowest BCUT2D eigenvalue weighted by Gasteiger charge is -2.04. The Balaban J connectivity index is 2.63. The third-order valence-corrected chi connectivity index (χ3v) is 2.17. The van der Waals surface area contributed by atoms with Gasteiger partial charge in [-0.1, -0.05) is 19.1 Å². The van der Waals surface area contributed by atoms with Crippen LogP contribution in [0, 0.1) is 0 Å². The molecular formula is C10H11BrO2. The highest BCUT2D eigenvalue weighted by Gasteiger charge is 2.05. The molecular weight excluding hydrogens is 232 g/mol. The lowest BCUT2D eigenvalue weighted by atomic mass is 10.3. The average Bonchev–Trinajstić information content (AvgIpc) is 2.09. The van der Waals surface area contributed by atoms with Gasteiger partial charge in [-0.3, -0.25) is 4.79 Å². The summed E-state index contributed by atoms with van der Waals surface area (Å²) in [7, 11) is 0. The highest BCUT2D eigenvalue weighted by molar-refractivity contribution is 9.10. The van der Waals surface area contributed by atoms with Crippen molar-refractivity contribution >= 4 is 21.9 Å². The Morgan fingerprint density at radius 3 is 2.77 bits per heavy atom. The van der Waals surface area contributed by atoms with Gasteiger partial charge in [-0.2, -0.15) is 0 Å². The largest absolute Gasteiger partial charge is 0.425 e. The summed E-state index contributed by atoms with van der Waals surface area (Å²) in [5.74, 6) is 0.398. The normalized spacial score (nSPS) is 9.69. The van der Waals surface area contributed by atoms with Gasteiger partial charge < -0.3 is 4.74 Å². The van der Waals surface area contributed by atoms with Gasteiger partial charge in [0.1, 0.15) is 5.75 Å². The summed E-state index contributed by atoms with van der Waals surface area (Å²) in [5.41, 5.74) is 0. The van der Waals surface area contributed by atoms with Gasteiger partial charge in [0.05, 0.1) is 4.47 Å². The predicted molar refractivity (Wildman–Crippen MR) is 54.7 cm³/mol. The second-order valence-electron chi connectivity index (χ2n) is 2.65. The SMILES string of the molecule is CCCC(=O)Oc1ccccc1Br. The second kappa shape index (κ2) is 5.02. The number of carbonyl (C=O) groups is 1. The van der Waals surface area contributed by atoms with Crippen molar-refractivity contribution in [3.8, 4) is 5.75 Å². The molecule has 0 bridgehead atoms. The Bertz CT molecular complexity index is 297. The van der Waals surface area contributed by atoms with Crippen molar-refractivity contribution in [2.75, 3.05) is 0 Å². The third kappa shape index (κ3) is 3.19. The van der Waals surface area contributed by atoms with Crippen LogP contribution in [0.25, 0.3) is 0 Å². The van der Waals surface area contributed by atoms with E-state index in [9.17, 15) is 4.79 Å². The molecule has 1 aromatic carbocycles. The Morgan fingerprint density at radius 1 is 1.46 bits per heavy atom. The third-order valence-electron chi connectivity index (χ3n) is 1.51. The number of halogens is 1. The first-order valence-corrected chi connectivity index (χ1v) is 4.98. The Morgan fingerprint density at radius 2 is 2.15 bits per heavy atom. The van der Waals surface area contributed by atoms with E-state index < -0.39 is 0 Å². The Hall–Kier alpha value is -0.830. The van der Waals surface area contributed by atoms with E-state index >= 15 is 0 Å². The molecule has 0 heterocycles. The quantitative estimate of drug-likeness (QED) is 0.602. The fourth-order valence-electron chi connectivity index (χ4n) is 0.905. The molecule has 0 aliphatic carbocycles. The minimum atomic E-state index is -0.186. The standard InChI is InChI=1S/C10H11BrO2/c1-2-5-10(12)13-9-7-4-3-6-8(9)11/h3-4,6-7H,2,5H2,1H3. The molecule has 1 rings (SSSR count). The van der Waals surface area contributed by atoms with Crippen LogP contribution in [-0.2, 0) is 4.79 Å². The molecule has 0 saturated heterocycles. The van der Waals surface area contributed by atoms with Crippen molar-refractivity contribution in [1.82, 2.24) is 0 Å². The molecule has 0 spiro atoms. The smallest absolute Gasteiger partial charge is 0.311 e. The van der Waals surface area contributed by atoms with Crippen LogP contribution in [0.3, 0.4) is 0 Å². The van der Waals surface area contributed by atoms with Gasteiger partial charge in [0.15, 0.2) is 0 Å². The lowest BCUT2D eigenvalue weighted by Crippen LogP contribution is -2.06. The highest BCUT2D eigenvalue weighted by atomic mass is 79.9. The fourth-order valence-corrected chi connectivity index (χ4v) is 1.27. The molecule has 0 N–H and O–H groups in total. The second-order valence-corrected chi connectivity index (χ2v) is 3.51. The summed E-state index contributed by atoms with van der Waals surface area (Å²) in [5, 5.41) is 0. The van der Waals surface area contributed by atoms with Crippen LogP contribution >= 0.6 is 15.9 Å². The molecule has 13 heavy (non-hydrogen) atoms. The number of rotatable bonds is 3. The van der Waals surface area contributed by atoms with E-state index in [-0.39, 0.29) is 5.97 Å². The van der Waals surface area contributed by atoms with E-state index in [0.717, 1.165) is 10.9 Å². The molecule has 0 amide bonds. The first-order valence-electron chi connectivity index (χ1n) is 4.19. The Kier molecular flexibility index (Phi) is 3.96. The summed E-state index contributed by atoms with van der Waals surface area (Å²) in [6, 6.07) is 7.31. The molecule has 1 aromatic rings. The van der Waals surface area contributed by atoms with Gasteiger partial charge in [0.25, 0.3) is 0 Å². The number of esters is 1. The van der Waals surface area contributed by atoms with E-state index in [1.165, 1.54) is 0 Å². The molecule has 0 aliphatic heterocycles. The fraction of sp³-hybridized carbons (Fsp3) is 0.300. The van der Waals surface area contributed by atoms with E-state index in [0.29, 0.717) is 12.2 Å². The van der Waals surface area contributed by atoms with Crippen LogP contribution in [0.2, 0.25) is 0 Å². The maximum atomic E-state index is 11.1. The molecule has 0 atom stereocenters. The lowest BCUT2D eigenvalue weighted by molar-refractivity contribution is -0.134. The monoisotopic (exact) mass is 242 g/mol. The highest BCUT2D eigenvalue weighted by Crippen LogP contribution is 2.24. The minimum absolute atomic E-state index is 0.186. The number of hydrogen-bond acceptors (Lipinski definition) is 2. The van der Waals surface area contributed by atoms with Gasteiger partial charge in [0, 0.05) is 6.42 Å². The number of benzene rings is 1. The van der Waals surface area contributed by atoms with Crippen LogP contribution in [0.15, 0.2) is 28.7 Å². The summed E-state index contributed by atoms with van der Waals surface area (Å²) in [6.45, 7) is 1.95. The van der Waals surface area contributed by atoms with Crippen LogP contribution < -0.4 is 4.74 Å². The molecule has 0 aromatic heterocycles. The van der Waals surface area contributed by atoms with Crippen LogP contribution in [0.1, 0.15) is 19.8 Å². The number of hydrogen-bond donors (Lipinski definition) is 0. The average molecular weight is 243 g/mol. The molecule has 0 aliphatic rings. The zero-order valence-electron chi connectivity index (χ0n) is 7.42. The van der Waals surface area contributed by atoms with E-state index in [1.54, 1.807) is 6.07 Å². The predicted octanol–water partition coefficient (Wildman–Crippen LogP) is 3.15. The topological polar surface area (TPSA) is 26.3 Å². The maximum Gasteiger partial charge on any atom is 0.311 e. The number of ether oxygens (including phenoxy) is 1. The Labute approximate surface area is 86.0 Å². The van der Waals surface area contributed by atoms with E-state index in [2.05, 4.69) is 15.9 Å². The van der Waals surface area contributed by atoms with Gasteiger partial charge in [0.2, 0.25) is 0 Å². The first kappa shape index (κ1) is 10.3. The molecule has 70 valence electrons. The van der Waals surface area contributed by atoms with Crippen molar-refractivity contribution in [2.24, 2.45) is 0 Å². The van der Waals surface area contributed by atoms with Crippen LogP contribution in [-0.4, -0.2) is 5.97 Å².